The summed E-state index contributed by atoms with van der Waals surface area (Å²) in [7, 11) is 0. The monoisotopic (exact) mass is 249 g/mol. The molecule has 1 aromatic carbocycles. The van der Waals surface area contributed by atoms with Crippen LogP contribution in [0.15, 0.2) is 29.2 Å². The van der Waals surface area contributed by atoms with Crippen LogP contribution < -0.4 is 5.32 Å². The van der Waals surface area contributed by atoms with Crippen LogP contribution in [0.2, 0.25) is 0 Å². The number of hydrogen-bond donors (Lipinski definition) is 1. The van der Waals surface area contributed by atoms with Crippen LogP contribution in [-0.2, 0) is 6.42 Å². The van der Waals surface area contributed by atoms with Crippen LogP contribution in [0.1, 0.15) is 38.7 Å². The lowest BCUT2D eigenvalue weighted by atomic mass is 9.98. The molecule has 94 valence electrons. The van der Waals surface area contributed by atoms with Gasteiger partial charge >= 0.3 is 0 Å². The lowest BCUT2D eigenvalue weighted by molar-refractivity contribution is 0.399. The minimum Gasteiger partial charge on any atom is -0.314 e. The van der Waals surface area contributed by atoms with E-state index in [0.29, 0.717) is 11.3 Å². The average Bonchev–Trinajstić information content (AvgIpc) is 2.32. The van der Waals surface area contributed by atoms with Crippen molar-refractivity contribution < 1.29 is 0 Å². The van der Waals surface area contributed by atoms with Crippen molar-refractivity contribution in [2.24, 2.45) is 0 Å². The highest BCUT2D eigenvalue weighted by Gasteiger charge is 2.12. The standard InChI is InChI=1S/C15H23NS/c1-12(2)17-15-8-6-13(7-9-15)11-14-5-3-4-10-16-14/h6-9,12,14,16H,3-5,10-11H2,1-2H3. The van der Waals surface area contributed by atoms with Crippen molar-refractivity contribution in [1.82, 2.24) is 5.32 Å². The quantitative estimate of drug-likeness (QED) is 0.813. The zero-order chi connectivity index (χ0) is 12.1. The van der Waals surface area contributed by atoms with E-state index in [1.807, 2.05) is 11.8 Å². The molecule has 1 aliphatic rings. The summed E-state index contributed by atoms with van der Waals surface area (Å²) in [6.07, 6.45) is 5.26. The lowest BCUT2D eigenvalue weighted by Gasteiger charge is -2.23. The van der Waals surface area contributed by atoms with Crippen LogP contribution in [0.5, 0.6) is 0 Å². The maximum atomic E-state index is 3.61. The second kappa shape index (κ2) is 6.46. The van der Waals surface area contributed by atoms with Crippen molar-refractivity contribution in [3.05, 3.63) is 29.8 Å². The zero-order valence-corrected chi connectivity index (χ0v) is 11.7. The van der Waals surface area contributed by atoms with Crippen molar-refractivity contribution in [2.45, 2.75) is 55.7 Å². The highest BCUT2D eigenvalue weighted by molar-refractivity contribution is 7.99. The van der Waals surface area contributed by atoms with Gasteiger partial charge in [-0.05, 0) is 43.5 Å². The molecule has 0 aromatic heterocycles. The molecule has 1 fully saturated rings. The third-order valence-electron chi connectivity index (χ3n) is 3.19. The zero-order valence-electron chi connectivity index (χ0n) is 10.9. The summed E-state index contributed by atoms with van der Waals surface area (Å²) in [6.45, 7) is 5.68. The summed E-state index contributed by atoms with van der Waals surface area (Å²) in [5, 5.41) is 4.28. The molecule has 2 heteroatoms. The fourth-order valence-corrected chi connectivity index (χ4v) is 3.20. The van der Waals surface area contributed by atoms with Gasteiger partial charge in [0.15, 0.2) is 0 Å². The van der Waals surface area contributed by atoms with E-state index in [1.54, 1.807) is 0 Å². The molecule has 0 spiro atoms. The van der Waals surface area contributed by atoms with E-state index in [4.69, 9.17) is 0 Å². The molecule has 0 saturated carbocycles. The van der Waals surface area contributed by atoms with Crippen LogP contribution in [0.4, 0.5) is 0 Å². The van der Waals surface area contributed by atoms with E-state index in [0.717, 1.165) is 0 Å². The van der Waals surface area contributed by atoms with Gasteiger partial charge in [0.2, 0.25) is 0 Å². The van der Waals surface area contributed by atoms with Gasteiger partial charge in [0, 0.05) is 16.2 Å². The maximum absolute atomic E-state index is 3.61. The van der Waals surface area contributed by atoms with Crippen LogP contribution in [-0.4, -0.2) is 17.8 Å². The average molecular weight is 249 g/mol. The first-order valence-corrected chi connectivity index (χ1v) is 7.61. The van der Waals surface area contributed by atoms with E-state index >= 15 is 0 Å². The van der Waals surface area contributed by atoms with E-state index in [9.17, 15) is 0 Å². The van der Waals surface area contributed by atoms with E-state index in [1.165, 1.54) is 42.7 Å². The van der Waals surface area contributed by atoms with Crippen LogP contribution >= 0.6 is 11.8 Å². The van der Waals surface area contributed by atoms with E-state index in [2.05, 4.69) is 43.4 Å². The molecule has 1 aromatic rings. The Balaban J connectivity index is 1.88. The Morgan fingerprint density at radius 2 is 2.00 bits per heavy atom. The molecular formula is C15H23NS. The van der Waals surface area contributed by atoms with E-state index in [-0.39, 0.29) is 0 Å². The smallest absolute Gasteiger partial charge is 0.0107 e. The van der Waals surface area contributed by atoms with Gasteiger partial charge in [-0.25, -0.2) is 0 Å². The Morgan fingerprint density at radius 1 is 1.24 bits per heavy atom. The topological polar surface area (TPSA) is 12.0 Å². The summed E-state index contributed by atoms with van der Waals surface area (Å²) in [6, 6.07) is 9.82. The largest absolute Gasteiger partial charge is 0.314 e. The Morgan fingerprint density at radius 3 is 2.59 bits per heavy atom. The minimum absolute atomic E-state index is 0.667. The lowest BCUT2D eigenvalue weighted by Crippen LogP contribution is -2.35. The Hall–Kier alpha value is -0.470. The fraction of sp³-hybridized carbons (Fsp3) is 0.600. The summed E-state index contributed by atoms with van der Waals surface area (Å²) >= 11 is 1.94. The molecule has 1 saturated heterocycles. The van der Waals surface area contributed by atoms with Crippen molar-refractivity contribution in [1.29, 1.82) is 0 Å². The Bertz CT molecular complexity index is 325. The molecule has 1 aliphatic heterocycles. The number of thioether (sulfide) groups is 1. The number of nitrogens with one attached hydrogen (secondary N) is 1. The molecule has 0 aliphatic carbocycles. The Labute approximate surface area is 109 Å². The fourth-order valence-electron chi connectivity index (χ4n) is 2.36. The van der Waals surface area contributed by atoms with Crippen LogP contribution in [0, 0.1) is 0 Å². The normalized spacial score (nSPS) is 20.8. The van der Waals surface area contributed by atoms with Gasteiger partial charge in [0.25, 0.3) is 0 Å². The second-order valence-electron chi connectivity index (χ2n) is 5.16. The van der Waals surface area contributed by atoms with Crippen molar-refractivity contribution in [3.8, 4) is 0 Å². The predicted octanol–water partition coefficient (Wildman–Crippen LogP) is 3.87. The first kappa shape index (κ1) is 13.0. The summed E-state index contributed by atoms with van der Waals surface area (Å²) in [5.41, 5.74) is 1.47. The SMILES string of the molecule is CC(C)Sc1ccc(CC2CCCCN2)cc1. The molecule has 0 bridgehead atoms. The third-order valence-corrected chi connectivity index (χ3v) is 4.21. The second-order valence-corrected chi connectivity index (χ2v) is 6.81. The highest BCUT2D eigenvalue weighted by Crippen LogP contribution is 2.23. The molecule has 0 amide bonds. The molecular weight excluding hydrogens is 226 g/mol. The van der Waals surface area contributed by atoms with Crippen molar-refractivity contribution in [3.63, 3.8) is 0 Å². The van der Waals surface area contributed by atoms with Gasteiger partial charge in [-0.3, -0.25) is 0 Å². The number of benzene rings is 1. The summed E-state index contributed by atoms with van der Waals surface area (Å²) in [5.74, 6) is 0. The molecule has 1 heterocycles. The number of hydrogen-bond acceptors (Lipinski definition) is 2. The van der Waals surface area contributed by atoms with Crippen LogP contribution in [0.25, 0.3) is 0 Å². The molecule has 1 N–H and O–H groups in total. The minimum atomic E-state index is 0.667. The summed E-state index contributed by atoms with van der Waals surface area (Å²) < 4.78 is 0. The molecule has 1 nitrogen and oxygen atoms in total. The van der Waals surface area contributed by atoms with Crippen LogP contribution in [0.3, 0.4) is 0 Å². The molecule has 1 unspecified atom stereocenters. The molecule has 0 radical (unpaired) electrons. The first-order chi connectivity index (χ1) is 8.24. The van der Waals surface area contributed by atoms with Gasteiger partial charge in [-0.2, -0.15) is 0 Å². The first-order valence-electron chi connectivity index (χ1n) is 6.73. The van der Waals surface area contributed by atoms with Gasteiger partial charge < -0.3 is 5.32 Å². The molecule has 2 rings (SSSR count). The number of piperidine rings is 1. The van der Waals surface area contributed by atoms with Gasteiger partial charge in [0.1, 0.15) is 0 Å². The van der Waals surface area contributed by atoms with Gasteiger partial charge in [-0.15, -0.1) is 11.8 Å². The third kappa shape index (κ3) is 4.36. The Kier molecular flexibility index (Phi) is 4.93. The predicted molar refractivity (Wildman–Crippen MR) is 76.8 cm³/mol. The molecule has 17 heavy (non-hydrogen) atoms. The van der Waals surface area contributed by atoms with Crippen molar-refractivity contribution >= 4 is 11.8 Å². The molecule has 1 atom stereocenters. The van der Waals surface area contributed by atoms with Crippen molar-refractivity contribution in [2.75, 3.05) is 6.54 Å². The van der Waals surface area contributed by atoms with E-state index < -0.39 is 0 Å². The maximum Gasteiger partial charge on any atom is 0.0107 e. The highest BCUT2D eigenvalue weighted by atomic mass is 32.2. The number of rotatable bonds is 4. The van der Waals surface area contributed by atoms with Gasteiger partial charge in [-0.1, -0.05) is 32.4 Å². The summed E-state index contributed by atoms with van der Waals surface area (Å²) in [4.78, 5) is 1.39. The van der Waals surface area contributed by atoms with Gasteiger partial charge in [0.05, 0.1) is 0 Å².